The highest BCUT2D eigenvalue weighted by Gasteiger charge is 2.15. The fourth-order valence-electron chi connectivity index (χ4n) is 1.30. The van der Waals surface area contributed by atoms with Gasteiger partial charge in [-0.05, 0) is 0 Å². The number of nitrogens with one attached hydrogen (secondary N) is 1. The van der Waals surface area contributed by atoms with E-state index < -0.39 is 6.04 Å². The van der Waals surface area contributed by atoms with E-state index >= 15 is 0 Å². The van der Waals surface area contributed by atoms with Gasteiger partial charge in [-0.3, -0.25) is 9.36 Å². The van der Waals surface area contributed by atoms with Gasteiger partial charge in [0.25, 0.3) is 0 Å². The molecule has 0 saturated carbocycles. The minimum atomic E-state index is -0.584. The highest BCUT2D eigenvalue weighted by Crippen LogP contribution is 1.99. The van der Waals surface area contributed by atoms with Gasteiger partial charge in [-0.1, -0.05) is 0 Å². The van der Waals surface area contributed by atoms with Gasteiger partial charge in [0.1, 0.15) is 6.33 Å². The third-order valence-corrected chi connectivity index (χ3v) is 2.07. The lowest BCUT2D eigenvalue weighted by molar-refractivity contribution is 0.0878. The van der Waals surface area contributed by atoms with Crippen LogP contribution in [0.15, 0.2) is 31.2 Å². The third kappa shape index (κ3) is 2.10. The lowest BCUT2D eigenvalue weighted by Gasteiger charge is -2.08. The van der Waals surface area contributed by atoms with Gasteiger partial charge in [-0.25, -0.2) is 9.97 Å². The maximum absolute atomic E-state index is 11.7. The molecule has 0 aliphatic carbocycles. The van der Waals surface area contributed by atoms with Gasteiger partial charge in [-0.2, -0.15) is 0 Å². The number of hydrogen-bond acceptors (Lipinski definition) is 4. The molecule has 0 bridgehead atoms. The summed E-state index contributed by atoms with van der Waals surface area (Å²) in [5, 5.41) is 0. The number of imidazole rings is 2. The van der Waals surface area contributed by atoms with Gasteiger partial charge in [0.15, 0.2) is 0 Å². The molecule has 2 heterocycles. The van der Waals surface area contributed by atoms with E-state index in [4.69, 9.17) is 5.73 Å². The van der Waals surface area contributed by atoms with E-state index in [1.165, 1.54) is 10.9 Å². The van der Waals surface area contributed by atoms with Crippen LogP contribution < -0.4 is 5.73 Å². The Morgan fingerprint density at radius 3 is 3.07 bits per heavy atom. The average Bonchev–Trinajstić information content (AvgIpc) is 2.88. The maximum Gasteiger partial charge on any atom is 0.249 e. The van der Waals surface area contributed by atoms with E-state index in [1.54, 1.807) is 24.9 Å². The molecule has 3 N–H and O–H groups in total. The van der Waals surface area contributed by atoms with Crippen LogP contribution in [0.3, 0.4) is 0 Å². The zero-order valence-electron chi connectivity index (χ0n) is 8.00. The highest BCUT2D eigenvalue weighted by molar-refractivity contribution is 5.84. The quantitative estimate of drug-likeness (QED) is 0.727. The molecule has 0 radical (unpaired) electrons. The second-order valence-electron chi connectivity index (χ2n) is 3.20. The molecule has 0 spiro atoms. The van der Waals surface area contributed by atoms with E-state index in [0.717, 1.165) is 5.69 Å². The average molecular weight is 205 g/mol. The lowest BCUT2D eigenvalue weighted by Crippen LogP contribution is -2.36. The molecule has 2 rings (SSSR count). The number of H-pyrrole nitrogens is 1. The summed E-state index contributed by atoms with van der Waals surface area (Å²) in [6.45, 7) is 0. The number of rotatable bonds is 3. The van der Waals surface area contributed by atoms with Crippen molar-refractivity contribution in [3.05, 3.63) is 36.9 Å². The zero-order valence-corrected chi connectivity index (χ0v) is 8.00. The van der Waals surface area contributed by atoms with Crippen LogP contribution in [0.1, 0.15) is 10.5 Å². The van der Waals surface area contributed by atoms with Crippen molar-refractivity contribution in [2.24, 2.45) is 5.73 Å². The van der Waals surface area contributed by atoms with Crippen molar-refractivity contribution in [2.45, 2.75) is 12.5 Å². The van der Waals surface area contributed by atoms with Crippen molar-refractivity contribution in [1.29, 1.82) is 0 Å². The molecular weight excluding hydrogens is 194 g/mol. The third-order valence-electron chi connectivity index (χ3n) is 2.07. The van der Waals surface area contributed by atoms with Crippen molar-refractivity contribution >= 4 is 5.91 Å². The number of hydrogen-bond donors (Lipinski definition) is 2. The minimum Gasteiger partial charge on any atom is -0.348 e. The second-order valence-corrected chi connectivity index (χ2v) is 3.20. The molecule has 2 aromatic heterocycles. The standard InChI is InChI=1S/C9H11N5O/c10-8(3-7-4-12-5-13-7)9(15)14-2-1-11-6-14/h1-2,4-6,8H,3,10H2,(H,12,13)/t8-/m0/s1. The van der Waals surface area contributed by atoms with Gasteiger partial charge in [0.05, 0.1) is 12.4 Å². The van der Waals surface area contributed by atoms with Crippen molar-refractivity contribution < 1.29 is 4.79 Å². The summed E-state index contributed by atoms with van der Waals surface area (Å²) in [6.07, 6.45) is 8.22. The molecule has 2 aromatic rings. The highest BCUT2D eigenvalue weighted by atomic mass is 16.2. The summed E-state index contributed by atoms with van der Waals surface area (Å²) >= 11 is 0. The summed E-state index contributed by atoms with van der Waals surface area (Å²) in [7, 11) is 0. The molecule has 0 saturated heterocycles. The van der Waals surface area contributed by atoms with E-state index in [0.29, 0.717) is 6.42 Å². The van der Waals surface area contributed by atoms with Crippen LogP contribution >= 0.6 is 0 Å². The first-order chi connectivity index (χ1) is 7.27. The number of aromatic amines is 1. The number of aromatic nitrogens is 4. The first-order valence-electron chi connectivity index (χ1n) is 4.52. The Kier molecular flexibility index (Phi) is 2.59. The van der Waals surface area contributed by atoms with Crippen molar-refractivity contribution in [2.75, 3.05) is 0 Å². The Balaban J connectivity index is 2.03. The summed E-state index contributed by atoms with van der Waals surface area (Å²) in [4.78, 5) is 22.2. The Labute approximate surface area is 86.2 Å². The number of carbonyl (C=O) groups excluding carboxylic acids is 1. The molecule has 78 valence electrons. The van der Waals surface area contributed by atoms with E-state index in [2.05, 4.69) is 15.0 Å². The van der Waals surface area contributed by atoms with Crippen molar-refractivity contribution in [3.8, 4) is 0 Å². The van der Waals surface area contributed by atoms with E-state index in [9.17, 15) is 4.79 Å². The monoisotopic (exact) mass is 205 g/mol. The Bertz CT molecular complexity index is 419. The molecular formula is C9H11N5O. The fourth-order valence-corrected chi connectivity index (χ4v) is 1.30. The summed E-state index contributed by atoms with van der Waals surface area (Å²) in [5.41, 5.74) is 6.60. The van der Waals surface area contributed by atoms with Gasteiger partial charge < -0.3 is 10.7 Å². The lowest BCUT2D eigenvalue weighted by atomic mass is 10.1. The second kappa shape index (κ2) is 4.05. The number of nitrogens with two attached hydrogens (primary N) is 1. The first kappa shape index (κ1) is 9.60. The molecule has 0 aromatic carbocycles. The summed E-state index contributed by atoms with van der Waals surface area (Å²) in [6, 6.07) is -0.584. The molecule has 0 fully saturated rings. The molecule has 6 heteroatoms. The first-order valence-corrected chi connectivity index (χ1v) is 4.52. The van der Waals surface area contributed by atoms with Crippen LogP contribution in [0.25, 0.3) is 0 Å². The molecule has 0 unspecified atom stereocenters. The van der Waals surface area contributed by atoms with Gasteiger partial charge in [-0.15, -0.1) is 0 Å². The van der Waals surface area contributed by atoms with Crippen LogP contribution in [0, 0.1) is 0 Å². The Hall–Kier alpha value is -1.95. The van der Waals surface area contributed by atoms with Crippen LogP contribution in [0.4, 0.5) is 0 Å². The predicted molar refractivity (Wildman–Crippen MR) is 53.1 cm³/mol. The summed E-state index contributed by atoms with van der Waals surface area (Å²) < 4.78 is 1.38. The van der Waals surface area contributed by atoms with Gasteiger partial charge >= 0.3 is 0 Å². The normalized spacial score (nSPS) is 12.6. The molecule has 6 nitrogen and oxygen atoms in total. The minimum absolute atomic E-state index is 0.179. The molecule has 0 aliphatic heterocycles. The number of nitrogens with zero attached hydrogens (tertiary/aromatic N) is 3. The fraction of sp³-hybridized carbons (Fsp3) is 0.222. The van der Waals surface area contributed by atoms with Gasteiger partial charge in [0, 0.05) is 30.7 Å². The Morgan fingerprint density at radius 2 is 2.47 bits per heavy atom. The van der Waals surface area contributed by atoms with Crippen LogP contribution in [0.5, 0.6) is 0 Å². The van der Waals surface area contributed by atoms with Crippen LogP contribution in [-0.2, 0) is 6.42 Å². The smallest absolute Gasteiger partial charge is 0.249 e. The van der Waals surface area contributed by atoms with E-state index in [1.807, 2.05) is 0 Å². The largest absolute Gasteiger partial charge is 0.348 e. The van der Waals surface area contributed by atoms with E-state index in [-0.39, 0.29) is 5.91 Å². The Morgan fingerprint density at radius 1 is 1.60 bits per heavy atom. The summed E-state index contributed by atoms with van der Waals surface area (Å²) in [5.74, 6) is -0.179. The molecule has 0 amide bonds. The molecule has 15 heavy (non-hydrogen) atoms. The van der Waals surface area contributed by atoms with Crippen molar-refractivity contribution in [1.82, 2.24) is 19.5 Å². The number of carbonyl (C=O) groups is 1. The molecule has 0 aliphatic rings. The zero-order chi connectivity index (χ0) is 10.7. The topological polar surface area (TPSA) is 89.6 Å². The van der Waals surface area contributed by atoms with Crippen LogP contribution in [-0.4, -0.2) is 31.5 Å². The molecule has 1 atom stereocenters. The predicted octanol–water partition coefficient (Wildman–Crippen LogP) is -0.184. The van der Waals surface area contributed by atoms with Crippen LogP contribution in [0.2, 0.25) is 0 Å². The van der Waals surface area contributed by atoms with Gasteiger partial charge in [0.2, 0.25) is 5.91 Å². The van der Waals surface area contributed by atoms with Crippen molar-refractivity contribution in [3.63, 3.8) is 0 Å². The SMILES string of the molecule is N[C@@H](Cc1cnc[nH]1)C(=O)n1ccnc1. The maximum atomic E-state index is 11.7.